The maximum absolute atomic E-state index is 11.5. The molecule has 2 aromatic heterocycles. The molecule has 0 atom stereocenters. The van der Waals surface area contributed by atoms with Crippen molar-refractivity contribution in [2.75, 3.05) is 5.32 Å². The summed E-state index contributed by atoms with van der Waals surface area (Å²) in [6.45, 7) is 0. The Kier molecular flexibility index (Phi) is 2.22. The van der Waals surface area contributed by atoms with Crippen LogP contribution in [0.5, 0.6) is 0 Å². The summed E-state index contributed by atoms with van der Waals surface area (Å²) in [5.74, 6) is 0. The zero-order valence-electron chi connectivity index (χ0n) is 7.29. The molecule has 0 saturated carbocycles. The number of aromatic nitrogens is 3. The second kappa shape index (κ2) is 3.69. The van der Waals surface area contributed by atoms with Crippen molar-refractivity contribution in [1.82, 2.24) is 14.5 Å². The Morgan fingerprint density at radius 1 is 1.21 bits per heavy atom. The lowest BCUT2D eigenvalue weighted by Crippen LogP contribution is -2.17. The first-order valence-electron chi connectivity index (χ1n) is 4.05. The normalized spacial score (nSPS) is 9.71. The monoisotopic (exact) mass is 188 g/mol. The van der Waals surface area contributed by atoms with Crippen molar-refractivity contribution in [3.8, 4) is 0 Å². The van der Waals surface area contributed by atoms with Gasteiger partial charge < -0.3 is 5.32 Å². The van der Waals surface area contributed by atoms with Crippen LogP contribution < -0.4 is 5.32 Å². The molecule has 1 amide bonds. The number of hydrogen-bond donors (Lipinski definition) is 1. The first kappa shape index (κ1) is 8.43. The number of rotatable bonds is 1. The van der Waals surface area contributed by atoms with Crippen LogP contribution in [0.15, 0.2) is 43.2 Å². The van der Waals surface area contributed by atoms with Crippen molar-refractivity contribution in [2.45, 2.75) is 0 Å². The highest BCUT2D eigenvalue weighted by molar-refractivity contribution is 5.90. The molecular weight excluding hydrogens is 180 g/mol. The highest BCUT2D eigenvalue weighted by Crippen LogP contribution is 2.03. The van der Waals surface area contributed by atoms with Crippen molar-refractivity contribution in [3.05, 3.63) is 43.2 Å². The molecule has 14 heavy (non-hydrogen) atoms. The summed E-state index contributed by atoms with van der Waals surface area (Å²) < 4.78 is 1.36. The third-order valence-corrected chi connectivity index (χ3v) is 1.67. The molecule has 1 N–H and O–H groups in total. The van der Waals surface area contributed by atoms with Gasteiger partial charge in [-0.1, -0.05) is 0 Å². The number of anilines is 1. The van der Waals surface area contributed by atoms with Gasteiger partial charge in [-0.3, -0.25) is 9.55 Å². The van der Waals surface area contributed by atoms with Gasteiger partial charge in [0.2, 0.25) is 0 Å². The van der Waals surface area contributed by atoms with E-state index >= 15 is 0 Å². The largest absolute Gasteiger partial charge is 0.331 e. The molecule has 0 unspecified atom stereocenters. The number of amides is 1. The summed E-state index contributed by atoms with van der Waals surface area (Å²) in [6, 6.07) is 3.19. The fourth-order valence-corrected chi connectivity index (χ4v) is 1.00. The van der Waals surface area contributed by atoms with E-state index in [2.05, 4.69) is 15.3 Å². The lowest BCUT2D eigenvalue weighted by Gasteiger charge is -2.03. The summed E-state index contributed by atoms with van der Waals surface area (Å²) in [5.41, 5.74) is 0.707. The molecule has 0 aromatic carbocycles. The standard InChI is InChI=1S/C9H8N4O/c14-9(13-6-5-11-7-13)12-8-1-3-10-4-2-8/h1-7H,(H,10,12,14). The van der Waals surface area contributed by atoms with Gasteiger partial charge in [-0.15, -0.1) is 0 Å². The summed E-state index contributed by atoms with van der Waals surface area (Å²) in [4.78, 5) is 19.1. The van der Waals surface area contributed by atoms with Gasteiger partial charge in [0.05, 0.1) is 0 Å². The number of pyridine rings is 1. The predicted octanol–water partition coefficient (Wildman–Crippen LogP) is 1.36. The Hall–Kier alpha value is -2.17. The summed E-state index contributed by atoms with van der Waals surface area (Å²) in [7, 11) is 0. The van der Waals surface area contributed by atoms with E-state index in [0.29, 0.717) is 5.69 Å². The SMILES string of the molecule is O=C(Nc1ccncc1)n1ccnc1. The molecule has 0 aliphatic rings. The molecule has 0 saturated heterocycles. The van der Waals surface area contributed by atoms with Crippen molar-refractivity contribution in [3.63, 3.8) is 0 Å². The van der Waals surface area contributed by atoms with Gasteiger partial charge in [0.15, 0.2) is 0 Å². The summed E-state index contributed by atoms with van der Waals surface area (Å²) >= 11 is 0. The topological polar surface area (TPSA) is 59.8 Å². The molecular formula is C9H8N4O. The number of nitrogens with zero attached hydrogens (tertiary/aromatic N) is 3. The minimum absolute atomic E-state index is 0.242. The average Bonchev–Trinajstić information content (AvgIpc) is 2.72. The van der Waals surface area contributed by atoms with Crippen LogP contribution in [0.4, 0.5) is 10.5 Å². The second-order valence-corrected chi connectivity index (χ2v) is 2.64. The van der Waals surface area contributed by atoms with E-state index in [4.69, 9.17) is 0 Å². The Morgan fingerprint density at radius 3 is 2.64 bits per heavy atom. The van der Waals surface area contributed by atoms with Crippen molar-refractivity contribution in [2.24, 2.45) is 0 Å². The van der Waals surface area contributed by atoms with Crippen LogP contribution in [-0.2, 0) is 0 Å². The van der Waals surface area contributed by atoms with E-state index in [0.717, 1.165) is 0 Å². The number of carbonyl (C=O) groups is 1. The van der Waals surface area contributed by atoms with Crippen molar-refractivity contribution in [1.29, 1.82) is 0 Å². The Labute approximate surface area is 80.4 Å². The first-order chi connectivity index (χ1) is 6.86. The molecule has 0 fully saturated rings. The van der Waals surface area contributed by atoms with Crippen LogP contribution in [0.25, 0.3) is 0 Å². The van der Waals surface area contributed by atoms with Gasteiger partial charge in [-0.05, 0) is 12.1 Å². The third kappa shape index (κ3) is 1.77. The highest BCUT2D eigenvalue weighted by atomic mass is 16.2. The number of hydrogen-bond acceptors (Lipinski definition) is 3. The maximum Gasteiger partial charge on any atom is 0.331 e. The fraction of sp³-hybridized carbons (Fsp3) is 0. The van der Waals surface area contributed by atoms with Gasteiger partial charge in [-0.25, -0.2) is 9.78 Å². The molecule has 0 spiro atoms. The van der Waals surface area contributed by atoms with E-state index in [1.54, 1.807) is 36.9 Å². The summed E-state index contributed by atoms with van der Waals surface area (Å²) in [5, 5.41) is 2.69. The zero-order valence-corrected chi connectivity index (χ0v) is 7.29. The van der Waals surface area contributed by atoms with Gasteiger partial charge in [-0.2, -0.15) is 0 Å². The molecule has 0 bridgehead atoms. The van der Waals surface area contributed by atoms with E-state index in [-0.39, 0.29) is 6.03 Å². The predicted molar refractivity (Wildman–Crippen MR) is 50.9 cm³/mol. The molecule has 0 radical (unpaired) electrons. The molecule has 0 aliphatic heterocycles. The van der Waals surface area contributed by atoms with Crippen molar-refractivity contribution >= 4 is 11.7 Å². The summed E-state index contributed by atoms with van der Waals surface area (Å²) in [6.07, 6.45) is 7.80. The minimum Gasteiger partial charge on any atom is -0.307 e. The minimum atomic E-state index is -0.242. The van der Waals surface area contributed by atoms with Gasteiger partial charge in [0.1, 0.15) is 6.33 Å². The van der Waals surface area contributed by atoms with Crippen LogP contribution >= 0.6 is 0 Å². The molecule has 2 aromatic rings. The van der Waals surface area contributed by atoms with E-state index in [1.807, 2.05) is 0 Å². The maximum atomic E-state index is 11.5. The van der Waals surface area contributed by atoms with Gasteiger partial charge >= 0.3 is 6.03 Å². The van der Waals surface area contributed by atoms with E-state index in [1.165, 1.54) is 10.9 Å². The van der Waals surface area contributed by atoms with Crippen molar-refractivity contribution < 1.29 is 4.79 Å². The second-order valence-electron chi connectivity index (χ2n) is 2.64. The number of imidazole rings is 1. The molecule has 0 aliphatic carbocycles. The third-order valence-electron chi connectivity index (χ3n) is 1.67. The molecule has 5 heteroatoms. The van der Waals surface area contributed by atoms with Crippen LogP contribution in [0.2, 0.25) is 0 Å². The Bertz CT molecular complexity index is 410. The average molecular weight is 188 g/mol. The van der Waals surface area contributed by atoms with Crippen LogP contribution in [-0.4, -0.2) is 20.6 Å². The smallest absolute Gasteiger partial charge is 0.307 e. The van der Waals surface area contributed by atoms with Gasteiger partial charge in [0, 0.05) is 30.5 Å². The highest BCUT2D eigenvalue weighted by Gasteiger charge is 2.02. The lowest BCUT2D eigenvalue weighted by atomic mass is 10.4. The number of carbonyl (C=O) groups excluding carboxylic acids is 1. The van der Waals surface area contributed by atoms with E-state index in [9.17, 15) is 4.79 Å². The lowest BCUT2D eigenvalue weighted by molar-refractivity contribution is 0.253. The molecule has 2 rings (SSSR count). The fourth-order valence-electron chi connectivity index (χ4n) is 1.00. The molecule has 5 nitrogen and oxygen atoms in total. The van der Waals surface area contributed by atoms with Crippen LogP contribution in [0.1, 0.15) is 0 Å². The van der Waals surface area contributed by atoms with Gasteiger partial charge in [0.25, 0.3) is 0 Å². The molecule has 2 heterocycles. The van der Waals surface area contributed by atoms with Crippen LogP contribution in [0.3, 0.4) is 0 Å². The van der Waals surface area contributed by atoms with Crippen LogP contribution in [0, 0.1) is 0 Å². The first-order valence-corrected chi connectivity index (χ1v) is 4.05. The Morgan fingerprint density at radius 2 is 2.00 bits per heavy atom. The molecule has 70 valence electrons. The zero-order chi connectivity index (χ0) is 9.80. The Balaban J connectivity index is 2.10. The quantitative estimate of drug-likeness (QED) is 0.735. The number of nitrogens with one attached hydrogen (secondary N) is 1. The van der Waals surface area contributed by atoms with E-state index < -0.39 is 0 Å².